The quantitative estimate of drug-likeness (QED) is 0.826. The Balaban J connectivity index is 2.22. The highest BCUT2D eigenvalue weighted by Gasteiger charge is 2.11. The third-order valence-electron chi connectivity index (χ3n) is 2.44. The molecule has 0 atom stereocenters. The Morgan fingerprint density at radius 1 is 1.26 bits per heavy atom. The molecule has 19 heavy (non-hydrogen) atoms. The third-order valence-corrected chi connectivity index (χ3v) is 3.32. The Kier molecular flexibility index (Phi) is 4.27. The van der Waals surface area contributed by atoms with Crippen molar-refractivity contribution in [2.75, 3.05) is 5.73 Å². The van der Waals surface area contributed by atoms with Crippen LogP contribution < -0.4 is 10.5 Å². The Morgan fingerprint density at radius 3 is 2.68 bits per heavy atom. The van der Waals surface area contributed by atoms with Crippen molar-refractivity contribution in [2.45, 2.75) is 6.61 Å². The fraction of sp³-hybridized carbons (Fsp3) is 0.0769. The first kappa shape index (κ1) is 14.1. The van der Waals surface area contributed by atoms with Crippen molar-refractivity contribution in [3.8, 4) is 5.75 Å². The van der Waals surface area contributed by atoms with Crippen molar-refractivity contribution in [3.63, 3.8) is 0 Å². The summed E-state index contributed by atoms with van der Waals surface area (Å²) >= 11 is 8.80. The highest BCUT2D eigenvalue weighted by molar-refractivity contribution is 9.10. The molecule has 0 aliphatic carbocycles. The molecule has 0 aromatic heterocycles. The van der Waals surface area contributed by atoms with E-state index in [-0.39, 0.29) is 23.1 Å². The van der Waals surface area contributed by atoms with Gasteiger partial charge in [-0.3, -0.25) is 0 Å². The van der Waals surface area contributed by atoms with Gasteiger partial charge >= 0.3 is 0 Å². The summed E-state index contributed by atoms with van der Waals surface area (Å²) in [5.41, 5.74) is 6.07. The summed E-state index contributed by atoms with van der Waals surface area (Å²) in [7, 11) is 0. The largest absolute Gasteiger partial charge is 0.485 e. The van der Waals surface area contributed by atoms with E-state index in [9.17, 15) is 8.78 Å². The minimum atomic E-state index is -0.541. The van der Waals surface area contributed by atoms with E-state index in [0.717, 1.165) is 6.07 Å². The lowest BCUT2D eigenvalue weighted by atomic mass is 10.2. The first-order valence-electron chi connectivity index (χ1n) is 5.29. The van der Waals surface area contributed by atoms with Crippen LogP contribution in [0.25, 0.3) is 0 Å². The zero-order valence-electron chi connectivity index (χ0n) is 9.59. The third kappa shape index (κ3) is 3.16. The molecule has 2 aromatic rings. The van der Waals surface area contributed by atoms with Gasteiger partial charge in [-0.15, -0.1) is 0 Å². The van der Waals surface area contributed by atoms with E-state index in [0.29, 0.717) is 10.0 Å². The van der Waals surface area contributed by atoms with Crippen molar-refractivity contribution < 1.29 is 13.5 Å². The van der Waals surface area contributed by atoms with Crippen LogP contribution in [0.2, 0.25) is 5.02 Å². The van der Waals surface area contributed by atoms with Crippen LogP contribution in [0, 0.1) is 11.6 Å². The van der Waals surface area contributed by atoms with Crippen molar-refractivity contribution in [3.05, 3.63) is 57.0 Å². The smallest absolute Gasteiger partial charge is 0.157 e. The van der Waals surface area contributed by atoms with Crippen molar-refractivity contribution >= 4 is 33.2 Å². The molecule has 0 spiro atoms. The molecule has 2 aromatic carbocycles. The Morgan fingerprint density at radius 2 is 2.00 bits per heavy atom. The molecule has 0 radical (unpaired) electrons. The summed E-state index contributed by atoms with van der Waals surface area (Å²) < 4.78 is 32.5. The average molecular weight is 349 g/mol. The van der Waals surface area contributed by atoms with Gasteiger partial charge in [-0.25, -0.2) is 8.78 Å². The lowest BCUT2D eigenvalue weighted by Gasteiger charge is -2.12. The van der Waals surface area contributed by atoms with Crippen molar-refractivity contribution in [2.24, 2.45) is 0 Å². The normalized spacial score (nSPS) is 10.5. The Labute approximate surface area is 122 Å². The van der Waals surface area contributed by atoms with Gasteiger partial charge in [0.15, 0.2) is 5.75 Å². The zero-order chi connectivity index (χ0) is 14.0. The van der Waals surface area contributed by atoms with Crippen LogP contribution in [-0.2, 0) is 6.61 Å². The lowest BCUT2D eigenvalue weighted by molar-refractivity contribution is 0.299. The van der Waals surface area contributed by atoms with Gasteiger partial charge in [0.1, 0.15) is 18.2 Å². The summed E-state index contributed by atoms with van der Waals surface area (Å²) in [6.07, 6.45) is 0. The number of hydrogen-bond donors (Lipinski definition) is 1. The number of hydrogen-bond acceptors (Lipinski definition) is 2. The molecule has 0 amide bonds. The molecule has 0 heterocycles. The van der Waals surface area contributed by atoms with Crippen LogP contribution in [0.1, 0.15) is 5.56 Å². The van der Waals surface area contributed by atoms with Gasteiger partial charge < -0.3 is 10.5 Å². The van der Waals surface area contributed by atoms with E-state index in [4.69, 9.17) is 22.1 Å². The fourth-order valence-electron chi connectivity index (χ4n) is 1.54. The van der Waals surface area contributed by atoms with Crippen molar-refractivity contribution in [1.29, 1.82) is 0 Å². The SMILES string of the molecule is Nc1cc(F)cc(Br)c1OCc1cccc(Cl)c1F. The number of ether oxygens (including phenoxy) is 1. The molecule has 0 aliphatic rings. The number of anilines is 1. The summed E-state index contributed by atoms with van der Waals surface area (Å²) in [6, 6.07) is 6.97. The first-order chi connectivity index (χ1) is 8.99. The molecular weight excluding hydrogens is 340 g/mol. The van der Waals surface area contributed by atoms with E-state index in [1.807, 2.05) is 0 Å². The van der Waals surface area contributed by atoms with E-state index in [1.165, 1.54) is 12.1 Å². The first-order valence-corrected chi connectivity index (χ1v) is 6.46. The molecule has 2 nitrogen and oxygen atoms in total. The molecule has 0 bridgehead atoms. The summed E-state index contributed by atoms with van der Waals surface area (Å²) in [5, 5.41) is 0.0206. The second kappa shape index (κ2) is 5.75. The minimum absolute atomic E-state index is 0.0206. The number of benzene rings is 2. The molecule has 0 aliphatic heterocycles. The average Bonchev–Trinajstić information content (AvgIpc) is 2.33. The van der Waals surface area contributed by atoms with Crippen LogP contribution in [-0.4, -0.2) is 0 Å². The second-order valence-corrected chi connectivity index (χ2v) is 5.07. The van der Waals surface area contributed by atoms with Gasteiger partial charge in [-0.2, -0.15) is 0 Å². The molecule has 2 rings (SSSR count). The highest BCUT2D eigenvalue weighted by atomic mass is 79.9. The van der Waals surface area contributed by atoms with Crippen LogP contribution in [0.4, 0.5) is 14.5 Å². The number of halogens is 4. The van der Waals surface area contributed by atoms with Crippen molar-refractivity contribution in [1.82, 2.24) is 0 Å². The van der Waals surface area contributed by atoms with Gasteiger partial charge in [0.05, 0.1) is 15.2 Å². The van der Waals surface area contributed by atoms with Crippen LogP contribution in [0.5, 0.6) is 5.75 Å². The summed E-state index contributed by atoms with van der Waals surface area (Å²) in [6.45, 7) is -0.0547. The van der Waals surface area contributed by atoms with Crippen LogP contribution in [0.3, 0.4) is 0 Å². The number of nitrogens with two attached hydrogens (primary N) is 1. The topological polar surface area (TPSA) is 35.2 Å². The zero-order valence-corrected chi connectivity index (χ0v) is 11.9. The molecule has 0 fully saturated rings. The minimum Gasteiger partial charge on any atom is -0.485 e. The van der Waals surface area contributed by atoms with Crippen LogP contribution in [0.15, 0.2) is 34.8 Å². The molecule has 0 saturated carbocycles. The monoisotopic (exact) mass is 347 g/mol. The lowest BCUT2D eigenvalue weighted by Crippen LogP contribution is -2.02. The highest BCUT2D eigenvalue weighted by Crippen LogP contribution is 2.33. The predicted octanol–water partition coefficient (Wildman–Crippen LogP) is 4.54. The van der Waals surface area contributed by atoms with E-state index < -0.39 is 11.6 Å². The maximum Gasteiger partial charge on any atom is 0.157 e. The summed E-state index contributed by atoms with van der Waals surface area (Å²) in [4.78, 5) is 0. The van der Waals surface area contributed by atoms with Crippen LogP contribution >= 0.6 is 27.5 Å². The molecule has 6 heteroatoms. The summed E-state index contributed by atoms with van der Waals surface area (Å²) in [5.74, 6) is -0.757. The van der Waals surface area contributed by atoms with E-state index in [2.05, 4.69) is 15.9 Å². The van der Waals surface area contributed by atoms with Gasteiger partial charge in [-0.1, -0.05) is 23.7 Å². The molecule has 0 saturated heterocycles. The Bertz CT molecular complexity index is 599. The number of rotatable bonds is 3. The Hall–Kier alpha value is -1.33. The van der Waals surface area contributed by atoms with E-state index >= 15 is 0 Å². The molecule has 2 N–H and O–H groups in total. The fourth-order valence-corrected chi connectivity index (χ4v) is 2.30. The number of nitrogen functional groups attached to an aromatic ring is 1. The standard InChI is InChI=1S/C13H9BrClF2NO/c14-9-4-8(16)5-11(18)13(9)19-6-7-2-1-3-10(15)12(7)17/h1-5H,6,18H2. The molecular formula is C13H9BrClF2NO. The molecule has 100 valence electrons. The maximum absolute atomic E-state index is 13.7. The molecule has 0 unspecified atom stereocenters. The van der Waals surface area contributed by atoms with Gasteiger partial charge in [-0.05, 0) is 28.1 Å². The van der Waals surface area contributed by atoms with Gasteiger partial charge in [0.2, 0.25) is 0 Å². The predicted molar refractivity (Wildman–Crippen MR) is 74.3 cm³/mol. The van der Waals surface area contributed by atoms with Gasteiger partial charge in [0.25, 0.3) is 0 Å². The van der Waals surface area contributed by atoms with E-state index in [1.54, 1.807) is 12.1 Å². The second-order valence-electron chi connectivity index (χ2n) is 3.81. The van der Waals surface area contributed by atoms with Gasteiger partial charge in [0, 0.05) is 11.6 Å². The maximum atomic E-state index is 13.7.